The fourth-order valence-corrected chi connectivity index (χ4v) is 2.97. The number of rotatable bonds is 5. The highest BCUT2D eigenvalue weighted by Crippen LogP contribution is 2.24. The highest BCUT2D eigenvalue weighted by molar-refractivity contribution is 5.78. The summed E-state index contributed by atoms with van der Waals surface area (Å²) in [6, 6.07) is 15.6. The molecule has 0 aliphatic carbocycles. The largest absolute Gasteiger partial charge is 0.351 e. The molecule has 2 aromatic rings. The average Bonchev–Trinajstić information content (AvgIpc) is 2.65. The van der Waals surface area contributed by atoms with E-state index in [9.17, 15) is 14.9 Å². The fraction of sp³-hybridized carbons (Fsp3) is 0.350. The van der Waals surface area contributed by atoms with E-state index in [4.69, 9.17) is 9.47 Å². The van der Waals surface area contributed by atoms with Crippen molar-refractivity contribution in [3.8, 4) is 0 Å². The van der Waals surface area contributed by atoms with Crippen molar-refractivity contribution in [3.05, 3.63) is 75.8 Å². The summed E-state index contributed by atoms with van der Waals surface area (Å²) in [6.07, 6.45) is 1.30. The van der Waals surface area contributed by atoms with Gasteiger partial charge in [-0.25, -0.2) is 0 Å². The molecule has 1 aliphatic heterocycles. The second kappa shape index (κ2) is 9.25. The molecule has 1 heterocycles. The van der Waals surface area contributed by atoms with E-state index in [-0.39, 0.29) is 17.6 Å². The smallest absolute Gasteiger partial charge is 0.269 e. The first-order valence-corrected chi connectivity index (χ1v) is 8.92. The zero-order chi connectivity index (χ0) is 19.1. The Morgan fingerprint density at radius 1 is 1.11 bits per heavy atom. The number of nitro groups is 1. The number of hydrogen-bond acceptors (Lipinski definition) is 5. The van der Waals surface area contributed by atoms with Crippen molar-refractivity contribution < 1.29 is 19.2 Å². The Bertz CT molecular complexity index is 764. The molecule has 1 N–H and O–H groups in total. The number of carbonyl (C=O) groups is 1. The van der Waals surface area contributed by atoms with Gasteiger partial charge in [0, 0.05) is 17.7 Å². The minimum atomic E-state index is -0.598. The number of non-ortho nitro benzene ring substituents is 1. The Morgan fingerprint density at radius 2 is 1.85 bits per heavy atom. The van der Waals surface area contributed by atoms with Crippen LogP contribution in [-0.2, 0) is 20.7 Å². The Balaban J connectivity index is 1.55. The van der Waals surface area contributed by atoms with Crippen molar-refractivity contribution in [3.63, 3.8) is 0 Å². The number of nitrogens with one attached hydrogen (secondary N) is 1. The second-order valence-electron chi connectivity index (χ2n) is 6.45. The van der Waals surface area contributed by atoms with Gasteiger partial charge in [0.15, 0.2) is 6.29 Å². The summed E-state index contributed by atoms with van der Waals surface area (Å²) in [5.41, 5.74) is 1.71. The van der Waals surface area contributed by atoms with Gasteiger partial charge in [-0.3, -0.25) is 14.9 Å². The van der Waals surface area contributed by atoms with Gasteiger partial charge in [-0.2, -0.15) is 0 Å². The van der Waals surface area contributed by atoms with Gasteiger partial charge in [-0.05, 0) is 30.5 Å². The molecule has 0 spiro atoms. The van der Waals surface area contributed by atoms with Crippen molar-refractivity contribution in [1.82, 2.24) is 5.32 Å². The summed E-state index contributed by atoms with van der Waals surface area (Å²) < 4.78 is 11.5. The summed E-state index contributed by atoms with van der Waals surface area (Å²) in [7, 11) is 0. The Labute approximate surface area is 157 Å². The van der Waals surface area contributed by atoms with E-state index in [1.54, 1.807) is 12.1 Å². The second-order valence-corrected chi connectivity index (χ2v) is 6.45. The topological polar surface area (TPSA) is 90.7 Å². The molecule has 3 rings (SSSR count). The van der Waals surface area contributed by atoms with E-state index < -0.39 is 11.2 Å². The number of carbonyl (C=O) groups excluding carboxylic acids is 1. The van der Waals surface area contributed by atoms with Crippen LogP contribution >= 0.6 is 0 Å². The number of ether oxygens (including phenoxy) is 2. The van der Waals surface area contributed by atoms with E-state index in [0.29, 0.717) is 19.6 Å². The number of nitro benzene ring substituents is 1. The van der Waals surface area contributed by atoms with E-state index >= 15 is 0 Å². The molecule has 27 heavy (non-hydrogen) atoms. The van der Waals surface area contributed by atoms with Gasteiger partial charge in [0.1, 0.15) is 0 Å². The molecule has 0 saturated carbocycles. The van der Waals surface area contributed by atoms with Crippen molar-refractivity contribution in [2.45, 2.75) is 31.6 Å². The van der Waals surface area contributed by atoms with Gasteiger partial charge >= 0.3 is 0 Å². The molecule has 1 saturated heterocycles. The van der Waals surface area contributed by atoms with Crippen molar-refractivity contribution in [2.24, 2.45) is 0 Å². The third-order valence-electron chi connectivity index (χ3n) is 4.36. The van der Waals surface area contributed by atoms with Crippen LogP contribution in [0.3, 0.4) is 0 Å². The standard InChI is InChI=1S/C20H22N2O5/c23-19(13-15-5-2-1-3-6-15)21-17-7-4-12-26-20(27-14-17)16-8-10-18(11-9-16)22(24)25/h1-3,5-6,8-11,17,20H,4,7,12-14H2,(H,21,23)/t17-,20-/m0/s1. The summed E-state index contributed by atoms with van der Waals surface area (Å²) in [4.78, 5) is 22.6. The van der Waals surface area contributed by atoms with Crippen LogP contribution in [0.25, 0.3) is 0 Å². The van der Waals surface area contributed by atoms with Crippen LogP contribution in [0.4, 0.5) is 5.69 Å². The monoisotopic (exact) mass is 370 g/mol. The molecule has 2 atom stereocenters. The number of amides is 1. The minimum absolute atomic E-state index is 0.0237. The molecular weight excluding hydrogens is 348 g/mol. The fourth-order valence-electron chi connectivity index (χ4n) is 2.97. The zero-order valence-corrected chi connectivity index (χ0v) is 14.9. The number of benzene rings is 2. The Kier molecular flexibility index (Phi) is 6.51. The lowest BCUT2D eigenvalue weighted by Crippen LogP contribution is -2.40. The number of nitrogens with zero attached hydrogens (tertiary/aromatic N) is 1. The van der Waals surface area contributed by atoms with Crippen LogP contribution in [0.1, 0.15) is 30.3 Å². The molecule has 1 fully saturated rings. The highest BCUT2D eigenvalue weighted by atomic mass is 16.7. The van der Waals surface area contributed by atoms with E-state index in [2.05, 4.69) is 5.32 Å². The lowest BCUT2D eigenvalue weighted by atomic mass is 10.1. The van der Waals surface area contributed by atoms with Gasteiger partial charge in [0.25, 0.3) is 5.69 Å². The van der Waals surface area contributed by atoms with Gasteiger partial charge in [-0.15, -0.1) is 0 Å². The minimum Gasteiger partial charge on any atom is -0.351 e. The molecular formula is C20H22N2O5. The first kappa shape index (κ1) is 19.0. The molecule has 0 unspecified atom stereocenters. The van der Waals surface area contributed by atoms with Crippen molar-refractivity contribution in [2.75, 3.05) is 13.2 Å². The van der Waals surface area contributed by atoms with Crippen molar-refractivity contribution in [1.29, 1.82) is 0 Å². The van der Waals surface area contributed by atoms with Crippen molar-refractivity contribution >= 4 is 11.6 Å². The van der Waals surface area contributed by atoms with Crippen LogP contribution in [0.2, 0.25) is 0 Å². The molecule has 0 bridgehead atoms. The van der Waals surface area contributed by atoms with Crippen LogP contribution in [0.15, 0.2) is 54.6 Å². The molecule has 0 radical (unpaired) electrons. The quantitative estimate of drug-likeness (QED) is 0.645. The summed E-state index contributed by atoms with van der Waals surface area (Å²) in [5.74, 6) is -0.0387. The summed E-state index contributed by atoms with van der Waals surface area (Å²) in [5, 5.41) is 13.8. The molecule has 1 aliphatic rings. The third kappa shape index (κ3) is 5.60. The van der Waals surface area contributed by atoms with Crippen LogP contribution in [-0.4, -0.2) is 30.1 Å². The zero-order valence-electron chi connectivity index (χ0n) is 14.9. The molecule has 0 aromatic heterocycles. The van der Waals surface area contributed by atoms with Gasteiger partial charge in [0.05, 0.1) is 30.6 Å². The van der Waals surface area contributed by atoms with E-state index in [0.717, 1.165) is 24.0 Å². The van der Waals surface area contributed by atoms with Crippen LogP contribution in [0, 0.1) is 10.1 Å². The number of hydrogen-bond donors (Lipinski definition) is 1. The molecule has 7 heteroatoms. The lowest BCUT2D eigenvalue weighted by Gasteiger charge is -2.27. The Hall–Kier alpha value is -2.77. The normalized spacial score (nSPS) is 20.3. The maximum Gasteiger partial charge on any atom is 0.269 e. The first-order valence-electron chi connectivity index (χ1n) is 8.92. The summed E-state index contributed by atoms with van der Waals surface area (Å²) >= 11 is 0. The third-order valence-corrected chi connectivity index (χ3v) is 4.36. The van der Waals surface area contributed by atoms with Crippen LogP contribution in [0.5, 0.6) is 0 Å². The summed E-state index contributed by atoms with van der Waals surface area (Å²) in [6.45, 7) is 0.814. The first-order chi connectivity index (χ1) is 13.1. The molecule has 7 nitrogen and oxygen atoms in total. The van der Waals surface area contributed by atoms with Crippen LogP contribution < -0.4 is 5.32 Å². The highest BCUT2D eigenvalue weighted by Gasteiger charge is 2.21. The van der Waals surface area contributed by atoms with E-state index in [1.807, 2.05) is 30.3 Å². The van der Waals surface area contributed by atoms with Gasteiger partial charge < -0.3 is 14.8 Å². The predicted molar refractivity (Wildman–Crippen MR) is 99.1 cm³/mol. The predicted octanol–water partition coefficient (Wildman–Crippen LogP) is 3.15. The molecule has 1 amide bonds. The lowest BCUT2D eigenvalue weighted by molar-refractivity contribution is -0.384. The maximum absolute atomic E-state index is 12.3. The van der Waals surface area contributed by atoms with E-state index in [1.165, 1.54) is 12.1 Å². The molecule has 142 valence electrons. The van der Waals surface area contributed by atoms with Gasteiger partial charge in [-0.1, -0.05) is 30.3 Å². The molecule has 2 aromatic carbocycles. The van der Waals surface area contributed by atoms with Gasteiger partial charge in [0.2, 0.25) is 5.91 Å². The SMILES string of the molecule is O=C(Cc1ccccc1)N[C@H]1CCCO[C@H](c2ccc([N+](=O)[O-])cc2)OC1. The maximum atomic E-state index is 12.3. The Morgan fingerprint density at radius 3 is 2.56 bits per heavy atom. The average molecular weight is 370 g/mol.